The molecule has 156 valence electrons. The maximum Gasteiger partial charge on any atom is 0.325 e. The van der Waals surface area contributed by atoms with Gasteiger partial charge in [-0.15, -0.1) is 0 Å². The van der Waals surface area contributed by atoms with Gasteiger partial charge in [-0.05, 0) is 56.2 Å². The number of benzene rings is 1. The van der Waals surface area contributed by atoms with Gasteiger partial charge in [-0.25, -0.2) is 4.79 Å². The third kappa shape index (κ3) is 3.75. The maximum absolute atomic E-state index is 13.1. The summed E-state index contributed by atoms with van der Waals surface area (Å²) in [6.45, 7) is 4.47. The molecule has 2 aliphatic heterocycles. The molecule has 8 nitrogen and oxygen atoms in total. The number of urea groups is 1. The smallest absolute Gasteiger partial charge is 0.325 e. The predicted octanol–water partition coefficient (Wildman–Crippen LogP) is 1.92. The number of hydrogen-bond acceptors (Lipinski definition) is 5. The summed E-state index contributed by atoms with van der Waals surface area (Å²) in [4.78, 5) is 39.0. The van der Waals surface area contributed by atoms with Crippen molar-refractivity contribution >= 4 is 17.8 Å². The first-order chi connectivity index (χ1) is 13.9. The van der Waals surface area contributed by atoms with Crippen LogP contribution in [-0.4, -0.2) is 48.5 Å². The van der Waals surface area contributed by atoms with Gasteiger partial charge < -0.3 is 20.1 Å². The number of fused-ring (bicyclic) bond motifs is 1. The summed E-state index contributed by atoms with van der Waals surface area (Å²) in [6.07, 6.45) is 4.02. The average molecular weight is 401 g/mol. The van der Waals surface area contributed by atoms with Gasteiger partial charge in [-0.3, -0.25) is 14.5 Å². The summed E-state index contributed by atoms with van der Waals surface area (Å²) in [6, 6.07) is 4.72. The molecule has 29 heavy (non-hydrogen) atoms. The highest BCUT2D eigenvalue weighted by Gasteiger charge is 2.50. The Labute approximate surface area is 169 Å². The SMILES string of the molecule is CC1CCC(NC(=O)CN2C(=O)N[C@@](C)(c3ccc4c(c3)OCCO4)C2=O)CC1. The number of nitrogens with one attached hydrogen (secondary N) is 2. The molecule has 0 unspecified atom stereocenters. The quantitative estimate of drug-likeness (QED) is 0.752. The van der Waals surface area contributed by atoms with E-state index >= 15 is 0 Å². The van der Waals surface area contributed by atoms with E-state index < -0.39 is 17.5 Å². The fraction of sp³-hybridized carbons (Fsp3) is 0.571. The average Bonchev–Trinajstić information content (AvgIpc) is 2.93. The second-order valence-electron chi connectivity index (χ2n) is 8.33. The fourth-order valence-electron chi connectivity index (χ4n) is 4.21. The largest absolute Gasteiger partial charge is 0.486 e. The van der Waals surface area contributed by atoms with Crippen LogP contribution in [0.2, 0.25) is 0 Å². The lowest BCUT2D eigenvalue weighted by atomic mass is 9.87. The van der Waals surface area contributed by atoms with Crippen molar-refractivity contribution in [3.8, 4) is 11.5 Å². The van der Waals surface area contributed by atoms with Crippen molar-refractivity contribution in [2.45, 2.75) is 51.1 Å². The second-order valence-corrected chi connectivity index (χ2v) is 8.33. The number of carbonyl (C=O) groups excluding carboxylic acids is 3. The Kier molecular flexibility index (Phi) is 5.10. The number of carbonyl (C=O) groups is 3. The molecule has 4 rings (SSSR count). The van der Waals surface area contributed by atoms with Crippen molar-refractivity contribution in [2.24, 2.45) is 5.92 Å². The maximum atomic E-state index is 13.1. The van der Waals surface area contributed by atoms with Crippen molar-refractivity contribution in [2.75, 3.05) is 19.8 Å². The van der Waals surface area contributed by atoms with E-state index in [4.69, 9.17) is 9.47 Å². The zero-order valence-corrected chi connectivity index (χ0v) is 16.8. The minimum absolute atomic E-state index is 0.114. The fourth-order valence-corrected chi connectivity index (χ4v) is 4.21. The van der Waals surface area contributed by atoms with Gasteiger partial charge in [0.1, 0.15) is 25.3 Å². The Morgan fingerprint density at radius 3 is 2.59 bits per heavy atom. The number of ether oxygens (including phenoxy) is 2. The van der Waals surface area contributed by atoms with E-state index in [1.54, 1.807) is 25.1 Å². The lowest BCUT2D eigenvalue weighted by Gasteiger charge is -2.27. The number of nitrogens with zero attached hydrogens (tertiary/aromatic N) is 1. The molecule has 0 radical (unpaired) electrons. The summed E-state index contributed by atoms with van der Waals surface area (Å²) in [5, 5.41) is 5.70. The standard InChI is InChI=1S/C21H27N3O5/c1-13-3-6-15(7-4-13)22-18(25)12-24-19(26)21(2,23-20(24)27)14-5-8-16-17(11-14)29-10-9-28-16/h5,8,11,13,15H,3-4,6-7,9-10,12H2,1-2H3,(H,22,25)(H,23,27)/t13?,15?,21-/m0/s1. The Balaban J connectivity index is 1.44. The molecule has 3 aliphatic rings. The van der Waals surface area contributed by atoms with E-state index in [0.717, 1.165) is 30.6 Å². The van der Waals surface area contributed by atoms with Gasteiger partial charge in [-0.2, -0.15) is 0 Å². The molecule has 0 aromatic heterocycles. The third-order valence-corrected chi connectivity index (χ3v) is 6.08. The van der Waals surface area contributed by atoms with Crippen molar-refractivity contribution in [1.29, 1.82) is 0 Å². The van der Waals surface area contributed by atoms with Gasteiger partial charge in [0, 0.05) is 6.04 Å². The molecule has 0 spiro atoms. The van der Waals surface area contributed by atoms with E-state index in [-0.39, 0.29) is 18.5 Å². The molecule has 1 saturated heterocycles. The van der Waals surface area contributed by atoms with E-state index in [1.807, 2.05) is 0 Å². The molecule has 1 aromatic rings. The summed E-state index contributed by atoms with van der Waals surface area (Å²) < 4.78 is 11.1. The van der Waals surface area contributed by atoms with Crippen LogP contribution in [0.1, 0.15) is 45.1 Å². The second kappa shape index (κ2) is 7.57. The molecule has 1 aliphatic carbocycles. The number of amides is 4. The van der Waals surface area contributed by atoms with Crippen LogP contribution in [0.4, 0.5) is 4.79 Å². The minimum Gasteiger partial charge on any atom is -0.486 e. The first-order valence-electron chi connectivity index (χ1n) is 10.2. The summed E-state index contributed by atoms with van der Waals surface area (Å²) in [5.41, 5.74) is -0.669. The summed E-state index contributed by atoms with van der Waals surface area (Å²) in [5.74, 6) is 1.07. The van der Waals surface area contributed by atoms with Crippen molar-refractivity contribution in [3.63, 3.8) is 0 Å². The first kappa shape index (κ1) is 19.5. The molecule has 2 fully saturated rings. The van der Waals surface area contributed by atoms with Crippen LogP contribution in [0, 0.1) is 5.92 Å². The van der Waals surface area contributed by atoms with E-state index in [9.17, 15) is 14.4 Å². The van der Waals surface area contributed by atoms with Gasteiger partial charge in [0.15, 0.2) is 11.5 Å². The molecule has 1 saturated carbocycles. The van der Waals surface area contributed by atoms with E-state index in [1.165, 1.54) is 0 Å². The highest BCUT2D eigenvalue weighted by molar-refractivity contribution is 6.09. The molecular formula is C21H27N3O5. The van der Waals surface area contributed by atoms with Crippen LogP contribution in [0.5, 0.6) is 11.5 Å². The Bertz CT molecular complexity index is 834. The molecule has 1 aromatic carbocycles. The Hall–Kier alpha value is -2.77. The van der Waals surface area contributed by atoms with Crippen LogP contribution in [0.15, 0.2) is 18.2 Å². The van der Waals surface area contributed by atoms with Gasteiger partial charge in [0.2, 0.25) is 5.91 Å². The Morgan fingerprint density at radius 1 is 1.17 bits per heavy atom. The Morgan fingerprint density at radius 2 is 1.86 bits per heavy atom. The van der Waals surface area contributed by atoms with Crippen LogP contribution >= 0.6 is 0 Å². The predicted molar refractivity (Wildman–Crippen MR) is 105 cm³/mol. The number of imide groups is 1. The van der Waals surface area contributed by atoms with Gasteiger partial charge in [-0.1, -0.05) is 13.0 Å². The lowest BCUT2D eigenvalue weighted by Crippen LogP contribution is -2.46. The van der Waals surface area contributed by atoms with Crippen molar-refractivity contribution in [1.82, 2.24) is 15.5 Å². The van der Waals surface area contributed by atoms with Gasteiger partial charge in [0.05, 0.1) is 0 Å². The summed E-state index contributed by atoms with van der Waals surface area (Å²) in [7, 11) is 0. The van der Waals surface area contributed by atoms with Crippen LogP contribution in [-0.2, 0) is 15.1 Å². The van der Waals surface area contributed by atoms with Crippen molar-refractivity contribution in [3.05, 3.63) is 23.8 Å². The molecule has 2 heterocycles. The van der Waals surface area contributed by atoms with Crippen LogP contribution in [0.3, 0.4) is 0 Å². The highest BCUT2D eigenvalue weighted by atomic mass is 16.6. The number of rotatable bonds is 4. The highest BCUT2D eigenvalue weighted by Crippen LogP contribution is 2.36. The zero-order valence-electron chi connectivity index (χ0n) is 16.8. The van der Waals surface area contributed by atoms with E-state index in [0.29, 0.717) is 36.2 Å². The monoisotopic (exact) mass is 401 g/mol. The minimum atomic E-state index is -1.26. The lowest BCUT2D eigenvalue weighted by molar-refractivity contribution is -0.135. The summed E-state index contributed by atoms with van der Waals surface area (Å²) >= 11 is 0. The van der Waals surface area contributed by atoms with Gasteiger partial charge in [0.25, 0.3) is 5.91 Å². The van der Waals surface area contributed by atoms with E-state index in [2.05, 4.69) is 17.6 Å². The topological polar surface area (TPSA) is 97.0 Å². The number of hydrogen-bond donors (Lipinski definition) is 2. The molecule has 2 N–H and O–H groups in total. The molecule has 0 bridgehead atoms. The normalized spacial score (nSPS) is 28.8. The molecule has 8 heteroatoms. The molecular weight excluding hydrogens is 374 g/mol. The first-order valence-corrected chi connectivity index (χ1v) is 10.2. The zero-order chi connectivity index (χ0) is 20.6. The molecule has 1 atom stereocenters. The molecule has 4 amide bonds. The van der Waals surface area contributed by atoms with Gasteiger partial charge >= 0.3 is 6.03 Å². The van der Waals surface area contributed by atoms with Crippen molar-refractivity contribution < 1.29 is 23.9 Å². The van der Waals surface area contributed by atoms with Crippen LogP contribution in [0.25, 0.3) is 0 Å². The van der Waals surface area contributed by atoms with Crippen LogP contribution < -0.4 is 20.1 Å². The third-order valence-electron chi connectivity index (χ3n) is 6.08.